The Balaban J connectivity index is 1.53. The molecular weight excluding hydrogens is 434 g/mol. The van der Waals surface area contributed by atoms with E-state index in [9.17, 15) is 15.0 Å². The smallest absolute Gasteiger partial charge is 0.262 e. The number of fused-ring (bicyclic) bond motifs is 1. The van der Waals surface area contributed by atoms with Crippen LogP contribution in [0.3, 0.4) is 0 Å². The Kier molecular flexibility index (Phi) is 5.46. The van der Waals surface area contributed by atoms with Gasteiger partial charge in [-0.15, -0.1) is 11.3 Å². The summed E-state index contributed by atoms with van der Waals surface area (Å²) in [5.41, 5.74) is 4.41. The number of thiophene rings is 1. The van der Waals surface area contributed by atoms with Crippen LogP contribution >= 0.6 is 11.3 Å². The van der Waals surface area contributed by atoms with Crippen LogP contribution in [-0.2, 0) is 6.54 Å². The number of hydrogen-bond acceptors (Lipinski definition) is 6. The maximum atomic E-state index is 13.4. The lowest BCUT2D eigenvalue weighted by Gasteiger charge is -2.24. The van der Waals surface area contributed by atoms with Crippen molar-refractivity contribution >= 4 is 33.1 Å². The number of amides is 1. The van der Waals surface area contributed by atoms with E-state index in [1.54, 1.807) is 22.6 Å². The van der Waals surface area contributed by atoms with Gasteiger partial charge in [0.2, 0.25) is 0 Å². The highest BCUT2D eigenvalue weighted by molar-refractivity contribution is 7.17. The third-order valence-corrected chi connectivity index (χ3v) is 6.25. The molecule has 3 aromatic carbocycles. The number of carbonyl (C=O) groups excluding carboxylic acids is 1. The van der Waals surface area contributed by atoms with Crippen molar-refractivity contribution in [2.45, 2.75) is 6.54 Å². The first kappa shape index (κ1) is 20.7. The van der Waals surface area contributed by atoms with Crippen LogP contribution in [0.1, 0.15) is 15.9 Å². The van der Waals surface area contributed by atoms with E-state index < -0.39 is 0 Å². The molecule has 5 rings (SSSR count). The maximum absolute atomic E-state index is 13.4. The molecule has 0 aliphatic rings. The molecule has 0 saturated carbocycles. The lowest BCUT2D eigenvalue weighted by molar-refractivity contribution is 0.0982. The summed E-state index contributed by atoms with van der Waals surface area (Å²) in [6.45, 7) is 0.321. The van der Waals surface area contributed by atoms with Gasteiger partial charge >= 0.3 is 0 Å². The number of anilines is 1. The number of aromatic hydroxyl groups is 2. The van der Waals surface area contributed by atoms with Gasteiger partial charge in [-0.05, 0) is 41.3 Å². The average Bonchev–Trinajstić information content (AvgIpc) is 3.32. The van der Waals surface area contributed by atoms with Gasteiger partial charge < -0.3 is 15.1 Å². The summed E-state index contributed by atoms with van der Waals surface area (Å²) < 4.78 is 1.01. The zero-order chi connectivity index (χ0) is 22.8. The van der Waals surface area contributed by atoms with Crippen molar-refractivity contribution in [3.05, 3.63) is 102 Å². The van der Waals surface area contributed by atoms with Gasteiger partial charge in [0.15, 0.2) is 0 Å². The molecule has 0 aliphatic carbocycles. The molecule has 0 unspecified atom stereocenters. The van der Waals surface area contributed by atoms with E-state index in [0.29, 0.717) is 12.2 Å². The first-order chi connectivity index (χ1) is 16.1. The van der Waals surface area contributed by atoms with E-state index in [2.05, 4.69) is 9.97 Å². The lowest BCUT2D eigenvalue weighted by Crippen LogP contribution is -2.30. The van der Waals surface area contributed by atoms with Crippen LogP contribution in [-0.4, -0.2) is 26.1 Å². The molecule has 5 aromatic rings. The third-order valence-electron chi connectivity index (χ3n) is 5.34. The second-order valence-corrected chi connectivity index (χ2v) is 8.40. The molecule has 0 saturated heterocycles. The largest absolute Gasteiger partial charge is 0.508 e. The van der Waals surface area contributed by atoms with Crippen molar-refractivity contribution in [1.82, 2.24) is 9.97 Å². The molecule has 7 heteroatoms. The van der Waals surface area contributed by atoms with Crippen LogP contribution in [0.25, 0.3) is 21.5 Å². The van der Waals surface area contributed by atoms with Gasteiger partial charge in [-0.2, -0.15) is 0 Å². The molecule has 162 valence electrons. The standard InChI is InChI=1S/C26H19N3O3S/c30-20-10-11-21(23(31)14-20)26(32)29(15-17-4-2-1-3-5-17)19-8-6-18(7-9-19)24-25-22(12-13-33-25)27-16-28-24/h1-14,16,30-31H,15H2. The number of aromatic nitrogens is 2. The van der Waals surface area contributed by atoms with Gasteiger partial charge in [-0.3, -0.25) is 4.79 Å². The quantitative estimate of drug-likeness (QED) is 0.361. The van der Waals surface area contributed by atoms with Crippen LogP contribution in [0, 0.1) is 0 Å². The van der Waals surface area contributed by atoms with Gasteiger partial charge in [0.1, 0.15) is 17.8 Å². The Bertz CT molecular complexity index is 1430. The monoisotopic (exact) mass is 453 g/mol. The van der Waals surface area contributed by atoms with E-state index >= 15 is 0 Å². The molecule has 0 spiro atoms. The van der Waals surface area contributed by atoms with Crippen molar-refractivity contribution in [1.29, 1.82) is 0 Å². The van der Waals surface area contributed by atoms with Gasteiger partial charge in [0, 0.05) is 17.3 Å². The zero-order valence-electron chi connectivity index (χ0n) is 17.4. The molecule has 6 nitrogen and oxygen atoms in total. The SMILES string of the molecule is O=C(c1ccc(O)cc1O)N(Cc1ccccc1)c1ccc(-c2ncnc3ccsc23)cc1. The summed E-state index contributed by atoms with van der Waals surface area (Å²) in [5, 5.41) is 21.9. The highest BCUT2D eigenvalue weighted by Gasteiger charge is 2.22. The summed E-state index contributed by atoms with van der Waals surface area (Å²) in [6.07, 6.45) is 1.55. The number of nitrogens with zero attached hydrogens (tertiary/aromatic N) is 3. The number of hydrogen-bond donors (Lipinski definition) is 2. The van der Waals surface area contributed by atoms with Gasteiger partial charge in [-0.25, -0.2) is 9.97 Å². The molecule has 0 aliphatic heterocycles. The Morgan fingerprint density at radius 2 is 1.70 bits per heavy atom. The van der Waals surface area contributed by atoms with E-state index in [1.165, 1.54) is 18.2 Å². The Labute approximate surface area is 194 Å². The predicted octanol–water partition coefficient (Wildman–Crippen LogP) is 5.62. The lowest BCUT2D eigenvalue weighted by atomic mass is 10.1. The van der Waals surface area contributed by atoms with E-state index in [1.807, 2.05) is 66.0 Å². The molecule has 0 atom stereocenters. The Morgan fingerprint density at radius 1 is 0.909 bits per heavy atom. The van der Waals surface area contributed by atoms with E-state index in [-0.39, 0.29) is 23.0 Å². The molecule has 2 aromatic heterocycles. The van der Waals surface area contributed by atoms with Crippen molar-refractivity contribution < 1.29 is 15.0 Å². The highest BCUT2D eigenvalue weighted by atomic mass is 32.1. The van der Waals surface area contributed by atoms with Gasteiger partial charge in [0.05, 0.1) is 28.0 Å². The molecule has 2 N–H and O–H groups in total. The van der Waals surface area contributed by atoms with Crippen LogP contribution in [0.4, 0.5) is 5.69 Å². The normalized spacial score (nSPS) is 10.9. The minimum Gasteiger partial charge on any atom is -0.508 e. The number of benzene rings is 3. The van der Waals surface area contributed by atoms with Crippen LogP contribution in [0.2, 0.25) is 0 Å². The van der Waals surface area contributed by atoms with E-state index in [0.717, 1.165) is 27.0 Å². The summed E-state index contributed by atoms with van der Waals surface area (Å²) in [6, 6.07) is 23.2. The second-order valence-electron chi connectivity index (χ2n) is 7.48. The molecule has 33 heavy (non-hydrogen) atoms. The number of phenols is 2. The van der Waals surface area contributed by atoms with Gasteiger partial charge in [-0.1, -0.05) is 42.5 Å². The number of rotatable bonds is 5. The molecule has 2 heterocycles. The third kappa shape index (κ3) is 4.14. The number of phenolic OH excluding ortho intramolecular Hbond substituents is 2. The fourth-order valence-electron chi connectivity index (χ4n) is 3.69. The highest BCUT2D eigenvalue weighted by Crippen LogP contribution is 2.32. The molecule has 0 radical (unpaired) electrons. The average molecular weight is 454 g/mol. The summed E-state index contributed by atoms with van der Waals surface area (Å²) in [7, 11) is 0. The van der Waals surface area contributed by atoms with Crippen molar-refractivity contribution in [2.75, 3.05) is 4.90 Å². The molecule has 0 bridgehead atoms. The number of carbonyl (C=O) groups is 1. The Hall–Kier alpha value is -4.23. The van der Waals surface area contributed by atoms with E-state index in [4.69, 9.17) is 0 Å². The Morgan fingerprint density at radius 3 is 2.45 bits per heavy atom. The first-order valence-electron chi connectivity index (χ1n) is 10.3. The minimum absolute atomic E-state index is 0.104. The van der Waals surface area contributed by atoms with Crippen molar-refractivity contribution in [2.24, 2.45) is 0 Å². The maximum Gasteiger partial charge on any atom is 0.262 e. The molecular formula is C26H19N3O3S. The summed E-state index contributed by atoms with van der Waals surface area (Å²) in [4.78, 5) is 23.8. The minimum atomic E-state index is -0.369. The fourth-order valence-corrected chi connectivity index (χ4v) is 4.54. The van der Waals surface area contributed by atoms with Crippen LogP contribution in [0.5, 0.6) is 11.5 Å². The summed E-state index contributed by atoms with van der Waals surface area (Å²) in [5.74, 6) is -0.740. The topological polar surface area (TPSA) is 86.5 Å². The van der Waals surface area contributed by atoms with Crippen molar-refractivity contribution in [3.63, 3.8) is 0 Å². The van der Waals surface area contributed by atoms with Crippen molar-refractivity contribution in [3.8, 4) is 22.8 Å². The fraction of sp³-hybridized carbons (Fsp3) is 0.0385. The van der Waals surface area contributed by atoms with Crippen LogP contribution < -0.4 is 4.90 Å². The summed E-state index contributed by atoms with van der Waals surface area (Å²) >= 11 is 1.59. The predicted molar refractivity (Wildman–Crippen MR) is 130 cm³/mol. The molecule has 1 amide bonds. The second kappa shape index (κ2) is 8.72. The van der Waals surface area contributed by atoms with Crippen LogP contribution in [0.15, 0.2) is 90.6 Å². The van der Waals surface area contributed by atoms with Gasteiger partial charge in [0.25, 0.3) is 5.91 Å². The molecule has 0 fully saturated rings. The first-order valence-corrected chi connectivity index (χ1v) is 11.1. The zero-order valence-corrected chi connectivity index (χ0v) is 18.2.